The van der Waals surface area contributed by atoms with Crippen molar-refractivity contribution < 1.29 is 14.3 Å². The van der Waals surface area contributed by atoms with Crippen LogP contribution in [0.3, 0.4) is 0 Å². The van der Waals surface area contributed by atoms with Gasteiger partial charge in [-0.2, -0.15) is 0 Å². The highest BCUT2D eigenvalue weighted by Crippen LogP contribution is 2.24. The second-order valence-corrected chi connectivity index (χ2v) is 3.28. The van der Waals surface area contributed by atoms with Crippen LogP contribution in [0.15, 0.2) is 16.5 Å². The van der Waals surface area contributed by atoms with Crippen molar-refractivity contribution in [2.75, 3.05) is 0 Å². The topological polar surface area (TPSA) is 63.3 Å². The van der Waals surface area contributed by atoms with E-state index in [1.807, 2.05) is 0 Å². The van der Waals surface area contributed by atoms with Crippen molar-refractivity contribution in [3.8, 4) is 0 Å². The second-order valence-electron chi connectivity index (χ2n) is 2.84. The van der Waals surface area contributed by atoms with Gasteiger partial charge in [0.05, 0.1) is 0 Å². The van der Waals surface area contributed by atoms with E-state index in [9.17, 15) is 4.79 Å². The van der Waals surface area contributed by atoms with E-state index in [1.165, 1.54) is 6.07 Å². The summed E-state index contributed by atoms with van der Waals surface area (Å²) in [5.74, 6) is -0.654. The van der Waals surface area contributed by atoms with Crippen LogP contribution in [0.25, 0.3) is 11.1 Å². The molecule has 1 aromatic carbocycles. The molecule has 0 amide bonds. The molecule has 1 aromatic heterocycles. The first-order valence-corrected chi connectivity index (χ1v) is 4.25. The lowest BCUT2D eigenvalue weighted by Crippen LogP contribution is -1.96. The maximum atomic E-state index is 10.8. The van der Waals surface area contributed by atoms with Gasteiger partial charge in [-0.25, -0.2) is 9.78 Å². The average Bonchev–Trinajstić information content (AvgIpc) is 2.42. The summed E-state index contributed by atoms with van der Waals surface area (Å²) in [6.45, 7) is 1.65. The van der Waals surface area contributed by atoms with E-state index in [0.29, 0.717) is 16.4 Å². The van der Waals surface area contributed by atoms with Crippen molar-refractivity contribution >= 4 is 28.7 Å². The molecule has 14 heavy (non-hydrogen) atoms. The Morgan fingerprint density at radius 3 is 2.93 bits per heavy atom. The molecule has 1 N–H and O–H groups in total. The summed E-state index contributed by atoms with van der Waals surface area (Å²) in [6, 6.07) is 2.91. The van der Waals surface area contributed by atoms with E-state index in [1.54, 1.807) is 13.0 Å². The minimum Gasteiger partial charge on any atom is -0.478 e. The monoisotopic (exact) mass is 211 g/mol. The number of hydrogen-bond donors (Lipinski definition) is 1. The van der Waals surface area contributed by atoms with E-state index in [0.717, 1.165) is 0 Å². The zero-order chi connectivity index (χ0) is 10.3. The first-order valence-electron chi connectivity index (χ1n) is 3.88. The van der Waals surface area contributed by atoms with Crippen LogP contribution < -0.4 is 0 Å². The fourth-order valence-corrected chi connectivity index (χ4v) is 1.48. The maximum Gasteiger partial charge on any atom is 0.339 e. The Hall–Kier alpha value is -1.55. The summed E-state index contributed by atoms with van der Waals surface area (Å²) >= 11 is 5.73. The van der Waals surface area contributed by atoms with Crippen LogP contribution in [0, 0.1) is 6.92 Å². The highest BCUT2D eigenvalue weighted by atomic mass is 35.5. The summed E-state index contributed by atoms with van der Waals surface area (Å²) in [5.41, 5.74) is 0.764. The van der Waals surface area contributed by atoms with Crippen molar-refractivity contribution in [1.82, 2.24) is 4.98 Å². The number of fused-ring (bicyclic) bond motifs is 1. The standard InChI is InChI=1S/C9H6ClNO3/c1-4-11-7-3-5(10)2-6(9(12)13)8(7)14-4/h2-3H,1H3,(H,12,13). The zero-order valence-electron chi connectivity index (χ0n) is 7.24. The molecule has 0 radical (unpaired) electrons. The van der Waals surface area contributed by atoms with Crippen LogP contribution in [-0.4, -0.2) is 16.1 Å². The lowest BCUT2D eigenvalue weighted by Gasteiger charge is -1.95. The number of aryl methyl sites for hydroxylation is 1. The number of halogens is 1. The number of carboxylic acid groups (broad SMARTS) is 1. The van der Waals surface area contributed by atoms with Gasteiger partial charge < -0.3 is 9.52 Å². The van der Waals surface area contributed by atoms with Gasteiger partial charge in [0.15, 0.2) is 11.5 Å². The number of hydrogen-bond acceptors (Lipinski definition) is 3. The molecule has 0 atom stereocenters. The Bertz CT molecular complexity index is 518. The third-order valence-electron chi connectivity index (χ3n) is 1.79. The summed E-state index contributed by atoms with van der Waals surface area (Å²) in [4.78, 5) is 14.8. The predicted molar refractivity (Wildman–Crippen MR) is 50.7 cm³/mol. The van der Waals surface area contributed by atoms with Crippen LogP contribution in [0.2, 0.25) is 5.02 Å². The molecule has 0 spiro atoms. The molecule has 72 valence electrons. The van der Waals surface area contributed by atoms with Gasteiger partial charge in [-0.05, 0) is 12.1 Å². The molecule has 2 aromatic rings. The molecule has 0 bridgehead atoms. The Morgan fingerprint density at radius 1 is 1.57 bits per heavy atom. The maximum absolute atomic E-state index is 10.8. The molecule has 4 nitrogen and oxygen atoms in total. The summed E-state index contributed by atoms with van der Waals surface area (Å²) in [7, 11) is 0. The highest BCUT2D eigenvalue weighted by molar-refractivity contribution is 6.31. The molecule has 0 unspecified atom stereocenters. The minimum absolute atomic E-state index is 0.0353. The smallest absolute Gasteiger partial charge is 0.339 e. The van der Waals surface area contributed by atoms with Gasteiger partial charge in [0.2, 0.25) is 0 Å². The van der Waals surface area contributed by atoms with Crippen LogP contribution in [-0.2, 0) is 0 Å². The number of carboxylic acids is 1. The molecule has 0 saturated heterocycles. The van der Waals surface area contributed by atoms with Crippen LogP contribution in [0.1, 0.15) is 16.2 Å². The predicted octanol–water partition coefficient (Wildman–Crippen LogP) is 2.49. The first-order chi connectivity index (χ1) is 6.58. The molecule has 0 aliphatic carbocycles. The van der Waals surface area contributed by atoms with E-state index >= 15 is 0 Å². The number of benzene rings is 1. The summed E-state index contributed by atoms with van der Waals surface area (Å²) < 4.78 is 5.16. The van der Waals surface area contributed by atoms with Gasteiger partial charge in [0.1, 0.15) is 11.1 Å². The fraction of sp³-hybridized carbons (Fsp3) is 0.111. The van der Waals surface area contributed by atoms with E-state index in [4.69, 9.17) is 21.1 Å². The van der Waals surface area contributed by atoms with Crippen molar-refractivity contribution in [3.63, 3.8) is 0 Å². The largest absolute Gasteiger partial charge is 0.478 e. The highest BCUT2D eigenvalue weighted by Gasteiger charge is 2.14. The molecule has 0 aliphatic heterocycles. The van der Waals surface area contributed by atoms with Gasteiger partial charge in [-0.1, -0.05) is 11.6 Å². The number of rotatable bonds is 1. The Kier molecular flexibility index (Phi) is 1.93. The third-order valence-corrected chi connectivity index (χ3v) is 2.01. The lowest BCUT2D eigenvalue weighted by atomic mass is 10.2. The molecular weight excluding hydrogens is 206 g/mol. The molecule has 5 heteroatoms. The van der Waals surface area contributed by atoms with Crippen molar-refractivity contribution in [3.05, 3.63) is 28.6 Å². The van der Waals surface area contributed by atoms with Crippen molar-refractivity contribution in [1.29, 1.82) is 0 Å². The van der Waals surface area contributed by atoms with Gasteiger partial charge in [-0.15, -0.1) is 0 Å². The number of aromatic carboxylic acids is 1. The number of carbonyl (C=O) groups is 1. The molecule has 2 rings (SSSR count). The Balaban J connectivity index is 2.85. The van der Waals surface area contributed by atoms with Crippen LogP contribution in [0.4, 0.5) is 0 Å². The Labute approximate surface area is 84.1 Å². The summed E-state index contributed by atoms with van der Waals surface area (Å²) in [5, 5.41) is 9.21. The van der Waals surface area contributed by atoms with Crippen LogP contribution >= 0.6 is 11.6 Å². The molecular formula is C9H6ClNO3. The number of oxazole rings is 1. The summed E-state index contributed by atoms with van der Waals surface area (Å²) in [6.07, 6.45) is 0. The minimum atomic E-state index is -1.08. The first kappa shape index (κ1) is 9.02. The normalized spacial score (nSPS) is 10.7. The van der Waals surface area contributed by atoms with Crippen molar-refractivity contribution in [2.24, 2.45) is 0 Å². The molecule has 0 fully saturated rings. The average molecular weight is 212 g/mol. The van der Waals surface area contributed by atoms with Gasteiger partial charge in [0.25, 0.3) is 0 Å². The fourth-order valence-electron chi connectivity index (χ4n) is 1.27. The van der Waals surface area contributed by atoms with Gasteiger partial charge in [0, 0.05) is 11.9 Å². The Morgan fingerprint density at radius 2 is 2.29 bits per heavy atom. The number of aromatic nitrogens is 1. The van der Waals surface area contributed by atoms with E-state index in [2.05, 4.69) is 4.98 Å². The van der Waals surface area contributed by atoms with Gasteiger partial charge >= 0.3 is 5.97 Å². The SMILES string of the molecule is Cc1nc2cc(Cl)cc(C(=O)O)c2o1. The van der Waals surface area contributed by atoms with Crippen LogP contribution in [0.5, 0.6) is 0 Å². The third kappa shape index (κ3) is 1.33. The molecule has 1 heterocycles. The molecule has 0 aliphatic rings. The van der Waals surface area contributed by atoms with E-state index < -0.39 is 5.97 Å². The zero-order valence-corrected chi connectivity index (χ0v) is 8.00. The van der Waals surface area contributed by atoms with Gasteiger partial charge in [-0.3, -0.25) is 0 Å². The van der Waals surface area contributed by atoms with E-state index in [-0.39, 0.29) is 11.1 Å². The van der Waals surface area contributed by atoms with Crippen molar-refractivity contribution in [2.45, 2.75) is 6.92 Å². The molecule has 0 saturated carbocycles. The quantitative estimate of drug-likeness (QED) is 0.787. The lowest BCUT2D eigenvalue weighted by molar-refractivity contribution is 0.0698. The second kappa shape index (κ2) is 2.99. The number of nitrogens with zero attached hydrogens (tertiary/aromatic N) is 1.